The number of anilines is 1. The lowest BCUT2D eigenvalue weighted by atomic mass is 9.94. The fourth-order valence-electron chi connectivity index (χ4n) is 2.41. The lowest BCUT2D eigenvalue weighted by Crippen LogP contribution is -2.51. The van der Waals surface area contributed by atoms with Crippen molar-refractivity contribution in [1.82, 2.24) is 5.32 Å². The average Bonchev–Trinajstić information content (AvgIpc) is 2.46. The van der Waals surface area contributed by atoms with E-state index in [1.165, 1.54) is 18.2 Å². The second kappa shape index (κ2) is 6.06. The Morgan fingerprint density at radius 3 is 2.86 bits per heavy atom. The Morgan fingerprint density at radius 2 is 2.29 bits per heavy atom. The van der Waals surface area contributed by atoms with Gasteiger partial charge in [-0.1, -0.05) is 6.07 Å². The molecule has 1 saturated heterocycles. The first-order valence-corrected chi connectivity index (χ1v) is 6.61. The van der Waals surface area contributed by atoms with Crippen molar-refractivity contribution >= 4 is 17.3 Å². The molecule has 1 heterocycles. The number of hydrogen-bond donors (Lipinski definition) is 3. The molecule has 0 aromatic heterocycles. The molecule has 1 aliphatic heterocycles. The van der Waals surface area contributed by atoms with Gasteiger partial charge in [0.25, 0.3) is 5.91 Å². The molecule has 1 amide bonds. The number of benzene rings is 1. The van der Waals surface area contributed by atoms with E-state index in [1.807, 2.05) is 6.92 Å². The van der Waals surface area contributed by atoms with E-state index in [-0.39, 0.29) is 16.9 Å². The van der Waals surface area contributed by atoms with Gasteiger partial charge in [0, 0.05) is 6.61 Å². The van der Waals surface area contributed by atoms with E-state index in [1.54, 1.807) is 0 Å². The molecule has 8 heteroatoms. The van der Waals surface area contributed by atoms with Crippen LogP contribution in [0.4, 0.5) is 11.4 Å². The molecule has 0 bridgehead atoms. The van der Waals surface area contributed by atoms with Gasteiger partial charge < -0.3 is 15.5 Å². The van der Waals surface area contributed by atoms with Gasteiger partial charge in [-0.3, -0.25) is 20.8 Å². The smallest absolute Gasteiger partial charge is 0.306 e. The van der Waals surface area contributed by atoms with Crippen molar-refractivity contribution in [3.63, 3.8) is 0 Å². The van der Waals surface area contributed by atoms with E-state index in [4.69, 9.17) is 10.6 Å². The molecule has 0 radical (unpaired) electrons. The number of amides is 1. The van der Waals surface area contributed by atoms with E-state index in [2.05, 4.69) is 10.7 Å². The maximum Gasteiger partial charge on any atom is 0.306 e. The monoisotopic (exact) mass is 294 g/mol. The Bertz CT molecular complexity index is 555. The fraction of sp³-hybridized carbons (Fsp3) is 0.462. The van der Waals surface area contributed by atoms with Crippen molar-refractivity contribution in [2.75, 3.05) is 18.6 Å². The number of carbonyl (C=O) groups is 1. The van der Waals surface area contributed by atoms with E-state index in [0.29, 0.717) is 13.2 Å². The summed E-state index contributed by atoms with van der Waals surface area (Å²) in [7, 11) is 0. The predicted octanol–water partition coefficient (Wildman–Crippen LogP) is 1.18. The summed E-state index contributed by atoms with van der Waals surface area (Å²) in [5.41, 5.74) is 1.45. The number of nitrogen functional groups attached to an aromatic ring is 1. The van der Waals surface area contributed by atoms with Crippen LogP contribution in [0.3, 0.4) is 0 Å². The number of nitrogens with zero attached hydrogens (tertiary/aromatic N) is 1. The normalized spacial score (nSPS) is 21.6. The summed E-state index contributed by atoms with van der Waals surface area (Å²) >= 11 is 0. The minimum Gasteiger partial charge on any atom is -0.379 e. The van der Waals surface area contributed by atoms with Crippen LogP contribution in [-0.2, 0) is 4.74 Å². The zero-order valence-electron chi connectivity index (χ0n) is 11.7. The summed E-state index contributed by atoms with van der Waals surface area (Å²) in [5, 5.41) is 14.0. The van der Waals surface area contributed by atoms with E-state index >= 15 is 0 Å². The Kier molecular flexibility index (Phi) is 4.39. The molecule has 1 aliphatic rings. The van der Waals surface area contributed by atoms with Crippen molar-refractivity contribution in [1.29, 1.82) is 0 Å². The third-order valence-corrected chi connectivity index (χ3v) is 3.47. The number of rotatable bonds is 4. The topological polar surface area (TPSA) is 120 Å². The lowest BCUT2D eigenvalue weighted by Gasteiger charge is -2.34. The van der Waals surface area contributed by atoms with E-state index in [9.17, 15) is 14.9 Å². The number of nitrogens with one attached hydrogen (secondary N) is 2. The highest BCUT2D eigenvalue weighted by molar-refractivity contribution is 6.00. The van der Waals surface area contributed by atoms with Crippen LogP contribution < -0.4 is 16.6 Å². The third-order valence-electron chi connectivity index (χ3n) is 3.47. The van der Waals surface area contributed by atoms with Gasteiger partial charge in [-0.2, -0.15) is 0 Å². The molecule has 1 fully saturated rings. The van der Waals surface area contributed by atoms with Gasteiger partial charge in [-0.05, 0) is 31.9 Å². The van der Waals surface area contributed by atoms with Crippen molar-refractivity contribution in [3.8, 4) is 0 Å². The third kappa shape index (κ3) is 3.29. The largest absolute Gasteiger partial charge is 0.379 e. The van der Waals surface area contributed by atoms with Crippen LogP contribution in [0.15, 0.2) is 18.2 Å². The van der Waals surface area contributed by atoms with Gasteiger partial charge in [-0.25, -0.2) is 0 Å². The van der Waals surface area contributed by atoms with Crippen molar-refractivity contribution in [2.45, 2.75) is 25.3 Å². The number of hydrogen-bond acceptors (Lipinski definition) is 6. The maximum absolute atomic E-state index is 12.4. The Morgan fingerprint density at radius 1 is 1.52 bits per heavy atom. The SMILES string of the molecule is CC1(NC(=O)c2cccc(NN)c2[N+](=O)[O-])CCCOC1. The zero-order valence-corrected chi connectivity index (χ0v) is 11.7. The fourth-order valence-corrected chi connectivity index (χ4v) is 2.41. The van der Waals surface area contributed by atoms with E-state index < -0.39 is 16.4 Å². The summed E-state index contributed by atoms with van der Waals surface area (Å²) < 4.78 is 5.36. The number of nitro groups is 1. The summed E-state index contributed by atoms with van der Waals surface area (Å²) in [4.78, 5) is 22.9. The number of hydrazine groups is 1. The van der Waals surface area contributed by atoms with Gasteiger partial charge in [0.15, 0.2) is 0 Å². The van der Waals surface area contributed by atoms with Crippen LogP contribution >= 0.6 is 0 Å². The number of nitro benzene ring substituents is 1. The Balaban J connectivity index is 2.28. The van der Waals surface area contributed by atoms with Gasteiger partial charge in [-0.15, -0.1) is 0 Å². The summed E-state index contributed by atoms with van der Waals surface area (Å²) in [6, 6.07) is 4.39. The molecular formula is C13H18N4O4. The summed E-state index contributed by atoms with van der Waals surface area (Å²) in [5.74, 6) is 4.75. The highest BCUT2D eigenvalue weighted by Gasteiger charge is 2.32. The molecule has 0 spiro atoms. The van der Waals surface area contributed by atoms with Crippen LogP contribution in [0.5, 0.6) is 0 Å². The quantitative estimate of drug-likeness (QED) is 0.436. The van der Waals surface area contributed by atoms with Crippen molar-refractivity contribution in [2.24, 2.45) is 5.84 Å². The molecule has 0 saturated carbocycles. The minimum absolute atomic E-state index is 0.0257. The molecule has 114 valence electrons. The van der Waals surface area contributed by atoms with Crippen LogP contribution in [0.25, 0.3) is 0 Å². The molecule has 1 atom stereocenters. The zero-order chi connectivity index (χ0) is 15.5. The molecule has 1 aromatic rings. The standard InChI is InChI=1S/C13H18N4O4/c1-13(6-3-7-21-8-13)15-12(18)9-4-2-5-10(16-14)11(9)17(19)20/h2,4-5,16H,3,6-8,14H2,1H3,(H,15,18). The first-order valence-electron chi connectivity index (χ1n) is 6.61. The molecule has 0 aliphatic carbocycles. The Hall–Kier alpha value is -2.19. The molecule has 21 heavy (non-hydrogen) atoms. The van der Waals surface area contributed by atoms with Crippen molar-refractivity contribution in [3.05, 3.63) is 33.9 Å². The van der Waals surface area contributed by atoms with Crippen LogP contribution in [0.2, 0.25) is 0 Å². The van der Waals surface area contributed by atoms with Gasteiger partial charge >= 0.3 is 5.69 Å². The molecule has 1 aromatic carbocycles. The molecule has 4 N–H and O–H groups in total. The average molecular weight is 294 g/mol. The molecule has 2 rings (SSSR count). The molecular weight excluding hydrogens is 276 g/mol. The number of ether oxygens (including phenoxy) is 1. The van der Waals surface area contributed by atoms with Crippen LogP contribution in [0.1, 0.15) is 30.1 Å². The highest BCUT2D eigenvalue weighted by atomic mass is 16.6. The van der Waals surface area contributed by atoms with Gasteiger partial charge in [0.05, 0.1) is 17.1 Å². The lowest BCUT2D eigenvalue weighted by molar-refractivity contribution is -0.384. The van der Waals surface area contributed by atoms with Crippen LogP contribution in [-0.4, -0.2) is 29.6 Å². The first-order chi connectivity index (χ1) is 9.97. The Labute approximate surface area is 121 Å². The van der Waals surface area contributed by atoms with E-state index in [0.717, 1.165) is 12.8 Å². The predicted molar refractivity (Wildman–Crippen MR) is 76.8 cm³/mol. The summed E-state index contributed by atoms with van der Waals surface area (Å²) in [6.45, 7) is 2.92. The second-order valence-electron chi connectivity index (χ2n) is 5.27. The minimum atomic E-state index is -0.621. The highest BCUT2D eigenvalue weighted by Crippen LogP contribution is 2.28. The number of carbonyl (C=O) groups excluding carboxylic acids is 1. The number of nitrogens with two attached hydrogens (primary N) is 1. The first kappa shape index (κ1) is 15.2. The summed E-state index contributed by atoms with van der Waals surface area (Å²) in [6.07, 6.45) is 1.60. The maximum atomic E-state index is 12.4. The molecule has 8 nitrogen and oxygen atoms in total. The van der Waals surface area contributed by atoms with Gasteiger partial charge in [0.1, 0.15) is 11.3 Å². The molecule has 1 unspecified atom stereocenters. The second-order valence-corrected chi connectivity index (χ2v) is 5.27. The van der Waals surface area contributed by atoms with Crippen LogP contribution in [0, 0.1) is 10.1 Å². The van der Waals surface area contributed by atoms with Gasteiger partial charge in [0.2, 0.25) is 0 Å². The number of para-hydroxylation sites is 1. The van der Waals surface area contributed by atoms with Crippen molar-refractivity contribution < 1.29 is 14.5 Å².